The fourth-order valence-corrected chi connectivity index (χ4v) is 7.72. The number of unbranched alkanes of at least 4 members (excludes halogenated alkanes) is 31. The topological polar surface area (TPSA) is 95.9 Å². The number of rotatable bonds is 48. The van der Waals surface area contributed by atoms with E-state index in [1.165, 1.54) is 141 Å². The van der Waals surface area contributed by atoms with Crippen molar-refractivity contribution in [3.05, 3.63) is 48.6 Å². The van der Waals surface area contributed by atoms with Crippen molar-refractivity contribution in [2.24, 2.45) is 0 Å². The Hall–Kier alpha value is -2.18. The van der Waals surface area contributed by atoms with Crippen LogP contribution < -0.4 is 5.32 Å². The van der Waals surface area contributed by atoms with Gasteiger partial charge in [0.05, 0.1) is 25.4 Å². The summed E-state index contributed by atoms with van der Waals surface area (Å²) in [5.41, 5.74) is 0. The van der Waals surface area contributed by atoms with E-state index in [0.717, 1.165) is 96.3 Å². The van der Waals surface area contributed by atoms with Gasteiger partial charge in [0.15, 0.2) is 0 Å². The van der Waals surface area contributed by atoms with Gasteiger partial charge in [-0.25, -0.2) is 0 Å². The number of hydrogen-bond donors (Lipinski definition) is 3. The molecule has 0 aromatic carbocycles. The zero-order chi connectivity index (χ0) is 44.4. The molecule has 0 aromatic heterocycles. The molecular formula is C55H101NO5. The molecule has 0 saturated heterocycles. The van der Waals surface area contributed by atoms with Crippen molar-refractivity contribution in [3.8, 4) is 0 Å². The van der Waals surface area contributed by atoms with Crippen molar-refractivity contribution in [1.29, 1.82) is 0 Å². The molecule has 0 radical (unpaired) electrons. The Kier molecular flexibility index (Phi) is 48.7. The van der Waals surface area contributed by atoms with Gasteiger partial charge in [-0.2, -0.15) is 0 Å². The molecular weight excluding hydrogens is 755 g/mol. The molecule has 61 heavy (non-hydrogen) atoms. The zero-order valence-electron chi connectivity index (χ0n) is 40.4. The molecule has 2 atom stereocenters. The average molecular weight is 856 g/mol. The monoisotopic (exact) mass is 856 g/mol. The molecule has 0 aliphatic heterocycles. The molecule has 0 bridgehead atoms. The summed E-state index contributed by atoms with van der Waals surface area (Å²) in [5.74, 6) is -0.147. The van der Waals surface area contributed by atoms with Gasteiger partial charge in [0.2, 0.25) is 5.91 Å². The highest BCUT2D eigenvalue weighted by Crippen LogP contribution is 2.16. The molecule has 356 valence electrons. The normalized spacial score (nSPS) is 13.0. The first-order valence-corrected chi connectivity index (χ1v) is 26.4. The highest BCUT2D eigenvalue weighted by atomic mass is 16.5. The highest BCUT2D eigenvalue weighted by molar-refractivity contribution is 5.76. The van der Waals surface area contributed by atoms with Gasteiger partial charge in [0, 0.05) is 12.8 Å². The first-order chi connectivity index (χ1) is 30.0. The molecule has 2 unspecified atom stereocenters. The van der Waals surface area contributed by atoms with Crippen LogP contribution in [0.4, 0.5) is 0 Å². The van der Waals surface area contributed by atoms with E-state index < -0.39 is 12.1 Å². The van der Waals surface area contributed by atoms with Crippen LogP contribution in [0.15, 0.2) is 48.6 Å². The summed E-state index contributed by atoms with van der Waals surface area (Å²) in [7, 11) is 0. The van der Waals surface area contributed by atoms with E-state index in [4.69, 9.17) is 4.74 Å². The van der Waals surface area contributed by atoms with Crippen LogP contribution in [0.2, 0.25) is 0 Å². The quantitative estimate of drug-likeness (QED) is 0.0322. The second kappa shape index (κ2) is 50.5. The number of ether oxygens (including phenoxy) is 1. The molecule has 0 fully saturated rings. The second-order valence-electron chi connectivity index (χ2n) is 17.8. The van der Waals surface area contributed by atoms with Crippen molar-refractivity contribution >= 4 is 11.9 Å². The lowest BCUT2D eigenvalue weighted by atomic mass is 10.0. The molecule has 6 nitrogen and oxygen atoms in total. The third-order valence-corrected chi connectivity index (χ3v) is 11.8. The molecule has 0 aliphatic carbocycles. The largest absolute Gasteiger partial charge is 0.466 e. The third kappa shape index (κ3) is 47.1. The molecule has 1 amide bonds. The fourth-order valence-electron chi connectivity index (χ4n) is 7.72. The van der Waals surface area contributed by atoms with Crippen molar-refractivity contribution < 1.29 is 24.5 Å². The summed E-state index contributed by atoms with van der Waals surface area (Å²) in [4.78, 5) is 24.4. The molecule has 0 aromatic rings. The molecule has 0 aliphatic rings. The predicted molar refractivity (Wildman–Crippen MR) is 264 cm³/mol. The van der Waals surface area contributed by atoms with Crippen LogP contribution >= 0.6 is 0 Å². The minimum atomic E-state index is -0.865. The van der Waals surface area contributed by atoms with Crippen LogP contribution in [0.1, 0.15) is 264 Å². The summed E-state index contributed by atoms with van der Waals surface area (Å²) < 4.78 is 5.42. The third-order valence-electron chi connectivity index (χ3n) is 11.8. The maximum Gasteiger partial charge on any atom is 0.305 e. The summed E-state index contributed by atoms with van der Waals surface area (Å²) in [6.07, 6.45) is 62.6. The summed E-state index contributed by atoms with van der Waals surface area (Å²) in [5, 5.41) is 23.1. The SMILES string of the molecule is CCC/C=C\C/C=C\CCCCCCCC(=O)OCCCC/C=C\CCCCCCCC(=O)NC(CO)C(O)/C=C/CCCCCCCCCCCCCCCCCCCC. The molecule has 0 rings (SSSR count). The number of carbonyl (C=O) groups excluding carboxylic acids is 2. The molecule has 6 heteroatoms. The molecule has 3 N–H and O–H groups in total. The smallest absolute Gasteiger partial charge is 0.305 e. The van der Waals surface area contributed by atoms with E-state index in [1.54, 1.807) is 6.08 Å². The van der Waals surface area contributed by atoms with Crippen LogP contribution in [0.25, 0.3) is 0 Å². The zero-order valence-corrected chi connectivity index (χ0v) is 40.4. The van der Waals surface area contributed by atoms with Crippen LogP contribution in [-0.2, 0) is 14.3 Å². The van der Waals surface area contributed by atoms with Crippen LogP contribution in [-0.4, -0.2) is 47.4 Å². The van der Waals surface area contributed by atoms with Crippen LogP contribution in [0, 0.1) is 0 Å². The van der Waals surface area contributed by atoms with Crippen LogP contribution in [0.3, 0.4) is 0 Å². The van der Waals surface area contributed by atoms with Gasteiger partial charge in [-0.3, -0.25) is 9.59 Å². The first-order valence-electron chi connectivity index (χ1n) is 26.4. The van der Waals surface area contributed by atoms with Crippen molar-refractivity contribution in [2.45, 2.75) is 276 Å². The number of esters is 1. The van der Waals surface area contributed by atoms with Crippen molar-refractivity contribution in [2.75, 3.05) is 13.2 Å². The van der Waals surface area contributed by atoms with Crippen molar-refractivity contribution in [3.63, 3.8) is 0 Å². The van der Waals surface area contributed by atoms with E-state index in [2.05, 4.69) is 55.6 Å². The van der Waals surface area contributed by atoms with Crippen molar-refractivity contribution in [1.82, 2.24) is 5.32 Å². The minimum absolute atomic E-state index is 0.0489. The minimum Gasteiger partial charge on any atom is -0.466 e. The summed E-state index contributed by atoms with van der Waals surface area (Å²) in [6, 6.07) is -0.651. The lowest BCUT2D eigenvalue weighted by Crippen LogP contribution is -2.45. The van der Waals surface area contributed by atoms with Crippen LogP contribution in [0.5, 0.6) is 0 Å². The Morgan fingerprint density at radius 3 is 1.33 bits per heavy atom. The van der Waals surface area contributed by atoms with Gasteiger partial charge >= 0.3 is 5.97 Å². The lowest BCUT2D eigenvalue weighted by molar-refractivity contribution is -0.143. The van der Waals surface area contributed by atoms with Gasteiger partial charge in [-0.15, -0.1) is 0 Å². The number of carbonyl (C=O) groups is 2. The first kappa shape index (κ1) is 58.8. The number of hydrogen-bond acceptors (Lipinski definition) is 5. The fraction of sp³-hybridized carbons (Fsp3) is 0.818. The second-order valence-corrected chi connectivity index (χ2v) is 17.8. The molecule has 0 spiro atoms. The molecule has 0 heterocycles. The maximum atomic E-state index is 12.4. The van der Waals surface area contributed by atoms with E-state index >= 15 is 0 Å². The number of amides is 1. The van der Waals surface area contributed by atoms with Gasteiger partial charge < -0.3 is 20.3 Å². The number of aliphatic hydroxyl groups excluding tert-OH is 2. The van der Waals surface area contributed by atoms with Gasteiger partial charge in [0.1, 0.15) is 0 Å². The molecule has 0 saturated carbocycles. The van der Waals surface area contributed by atoms with Gasteiger partial charge in [-0.1, -0.05) is 217 Å². The number of nitrogens with one attached hydrogen (secondary N) is 1. The highest BCUT2D eigenvalue weighted by Gasteiger charge is 2.18. The lowest BCUT2D eigenvalue weighted by Gasteiger charge is -2.20. The van der Waals surface area contributed by atoms with E-state index in [9.17, 15) is 19.8 Å². The standard InChI is InChI=1S/C55H101NO5/c1-3-5-7-9-11-13-15-17-18-19-20-21-22-23-25-27-31-35-39-43-47-53(58)52(51-57)56-54(59)48-44-40-36-32-28-26-30-34-38-42-46-50-61-55(60)49-45-41-37-33-29-24-16-14-12-10-8-6-4-2/h8,10,14,16,30,34,43,47,52-53,57-58H,3-7,9,11-13,15,17-29,31-33,35-42,44-46,48-51H2,1-2H3,(H,56,59)/b10-8-,16-14-,34-30-,47-43+. The van der Waals surface area contributed by atoms with Gasteiger partial charge in [-0.05, 0) is 83.5 Å². The summed E-state index contributed by atoms with van der Waals surface area (Å²) >= 11 is 0. The van der Waals surface area contributed by atoms with E-state index in [-0.39, 0.29) is 18.5 Å². The Morgan fingerprint density at radius 2 is 0.852 bits per heavy atom. The Morgan fingerprint density at radius 1 is 0.459 bits per heavy atom. The Balaban J connectivity index is 3.57. The summed E-state index contributed by atoms with van der Waals surface area (Å²) in [6.45, 7) is 4.75. The maximum absolute atomic E-state index is 12.4. The average Bonchev–Trinajstić information content (AvgIpc) is 3.26. The van der Waals surface area contributed by atoms with E-state index in [1.807, 2.05) is 6.08 Å². The van der Waals surface area contributed by atoms with Gasteiger partial charge in [0.25, 0.3) is 0 Å². The predicted octanol–water partition coefficient (Wildman–Crippen LogP) is 15.8. The number of allylic oxidation sites excluding steroid dienone is 7. The Bertz CT molecular complexity index is 1040. The number of aliphatic hydroxyl groups is 2. The van der Waals surface area contributed by atoms with E-state index in [0.29, 0.717) is 19.4 Å². The Labute approximate surface area is 378 Å².